The second kappa shape index (κ2) is 9.23. The summed E-state index contributed by atoms with van der Waals surface area (Å²) in [5.74, 6) is 1.23. The van der Waals surface area contributed by atoms with E-state index in [2.05, 4.69) is 10.3 Å². The van der Waals surface area contributed by atoms with Crippen LogP contribution in [0.4, 0.5) is 0 Å². The summed E-state index contributed by atoms with van der Waals surface area (Å²) in [6.07, 6.45) is 1.15. The minimum atomic E-state index is -3.31. The summed E-state index contributed by atoms with van der Waals surface area (Å²) >= 11 is 0. The van der Waals surface area contributed by atoms with E-state index in [1.165, 1.54) is 0 Å². The van der Waals surface area contributed by atoms with Crippen molar-refractivity contribution < 1.29 is 17.9 Å². The van der Waals surface area contributed by atoms with E-state index < -0.39 is 9.84 Å². The third-order valence-electron chi connectivity index (χ3n) is 4.85. The van der Waals surface area contributed by atoms with E-state index in [4.69, 9.17) is 4.74 Å². The Balaban J connectivity index is 1.50. The summed E-state index contributed by atoms with van der Waals surface area (Å²) in [7, 11) is -3.31. The molecule has 0 atom stereocenters. The highest BCUT2D eigenvalue weighted by Gasteiger charge is 2.17. The Morgan fingerprint density at radius 3 is 2.44 bits per heavy atom. The molecule has 0 bridgehead atoms. The Kier molecular flexibility index (Phi) is 6.23. The van der Waals surface area contributed by atoms with E-state index in [-0.39, 0.29) is 24.7 Å². The van der Waals surface area contributed by atoms with Gasteiger partial charge in [-0.05, 0) is 30.3 Å². The molecule has 0 aliphatic heterocycles. The molecule has 0 spiro atoms. The highest BCUT2D eigenvalue weighted by atomic mass is 32.2. The fraction of sp³-hybridized carbons (Fsp3) is 0.167. The van der Waals surface area contributed by atoms with Gasteiger partial charge in [-0.25, -0.2) is 13.4 Å². The van der Waals surface area contributed by atoms with Crippen molar-refractivity contribution in [3.63, 3.8) is 0 Å². The van der Waals surface area contributed by atoms with E-state index in [9.17, 15) is 13.2 Å². The number of ether oxygens (including phenoxy) is 1. The molecular formula is C24H23N3O4S. The molecule has 32 heavy (non-hydrogen) atoms. The molecule has 164 valence electrons. The first-order chi connectivity index (χ1) is 15.4. The zero-order valence-corrected chi connectivity index (χ0v) is 18.4. The van der Waals surface area contributed by atoms with Crippen LogP contribution in [-0.4, -0.2) is 30.1 Å². The molecule has 4 aromatic rings. The number of hydrogen-bond donors (Lipinski definition) is 1. The number of carbonyl (C=O) groups is 1. The van der Waals surface area contributed by atoms with Crippen molar-refractivity contribution in [2.45, 2.75) is 18.8 Å². The molecule has 0 saturated heterocycles. The maximum absolute atomic E-state index is 12.8. The topological polar surface area (TPSA) is 90.3 Å². The summed E-state index contributed by atoms with van der Waals surface area (Å²) in [6, 6.07) is 24.2. The first-order valence-corrected chi connectivity index (χ1v) is 12.1. The van der Waals surface area contributed by atoms with Gasteiger partial charge in [0.05, 0.1) is 11.0 Å². The molecular weight excluding hydrogens is 426 g/mol. The van der Waals surface area contributed by atoms with E-state index in [0.29, 0.717) is 28.4 Å². The summed E-state index contributed by atoms with van der Waals surface area (Å²) < 4.78 is 31.3. The van der Waals surface area contributed by atoms with Gasteiger partial charge in [0.25, 0.3) is 0 Å². The van der Waals surface area contributed by atoms with Crippen molar-refractivity contribution >= 4 is 26.8 Å². The first kappa shape index (κ1) is 21.6. The number of imidazole rings is 1. The van der Waals surface area contributed by atoms with Crippen molar-refractivity contribution in [1.29, 1.82) is 0 Å². The third kappa shape index (κ3) is 5.33. The number of amides is 1. The average molecular weight is 450 g/mol. The predicted octanol–water partition coefficient (Wildman–Crippen LogP) is 3.69. The zero-order valence-electron chi connectivity index (χ0n) is 17.6. The molecule has 8 heteroatoms. The Morgan fingerprint density at radius 2 is 1.66 bits per heavy atom. The van der Waals surface area contributed by atoms with Gasteiger partial charge in [-0.15, -0.1) is 0 Å². The SMILES string of the molecule is CS(=O)(=O)Cc1nc2ccccc2n1CC(=O)NCc1ccccc1Oc1ccccc1. The lowest BCUT2D eigenvalue weighted by atomic mass is 10.2. The third-order valence-corrected chi connectivity index (χ3v) is 5.63. The average Bonchev–Trinajstić information content (AvgIpc) is 3.09. The summed E-state index contributed by atoms with van der Waals surface area (Å²) in [5, 5.41) is 2.90. The van der Waals surface area contributed by atoms with Crippen LogP contribution in [0.1, 0.15) is 11.4 Å². The summed E-state index contributed by atoms with van der Waals surface area (Å²) in [6.45, 7) is 0.239. The van der Waals surface area contributed by atoms with Gasteiger partial charge < -0.3 is 14.6 Å². The lowest BCUT2D eigenvalue weighted by molar-refractivity contribution is -0.121. The second-order valence-electron chi connectivity index (χ2n) is 7.47. The van der Waals surface area contributed by atoms with Crippen molar-refractivity contribution in [1.82, 2.24) is 14.9 Å². The molecule has 4 rings (SSSR count). The number of benzene rings is 3. The van der Waals surface area contributed by atoms with Gasteiger partial charge in [0.15, 0.2) is 9.84 Å². The maximum Gasteiger partial charge on any atom is 0.240 e. The molecule has 0 fully saturated rings. The molecule has 1 amide bonds. The fourth-order valence-electron chi connectivity index (χ4n) is 3.40. The van der Waals surface area contributed by atoms with Crippen molar-refractivity contribution in [3.8, 4) is 11.5 Å². The van der Waals surface area contributed by atoms with Gasteiger partial charge in [-0.2, -0.15) is 0 Å². The maximum atomic E-state index is 12.8. The molecule has 1 heterocycles. The first-order valence-electron chi connectivity index (χ1n) is 10.1. The number of hydrogen-bond acceptors (Lipinski definition) is 5. The van der Waals surface area contributed by atoms with Crippen LogP contribution in [0.25, 0.3) is 11.0 Å². The standard InChI is InChI=1S/C24H23N3O4S/c1-32(29,30)17-23-26-20-12-6-7-13-21(20)27(23)16-24(28)25-15-18-9-5-8-14-22(18)31-19-10-3-2-4-11-19/h2-14H,15-17H2,1H3,(H,25,28). The van der Waals surface area contributed by atoms with Crippen molar-refractivity contribution in [2.75, 3.05) is 6.26 Å². The molecule has 1 aromatic heterocycles. The molecule has 0 radical (unpaired) electrons. The van der Waals surface area contributed by atoms with Crippen LogP contribution in [0.15, 0.2) is 78.9 Å². The van der Waals surface area contributed by atoms with E-state index >= 15 is 0 Å². The molecule has 0 unspecified atom stereocenters. The Hall–Kier alpha value is -3.65. The van der Waals surface area contributed by atoms with Gasteiger partial charge in [0.1, 0.15) is 29.6 Å². The Morgan fingerprint density at radius 1 is 0.969 bits per heavy atom. The van der Waals surface area contributed by atoms with Crippen molar-refractivity contribution in [2.24, 2.45) is 0 Å². The molecule has 0 saturated carbocycles. The highest BCUT2D eigenvalue weighted by molar-refractivity contribution is 7.89. The van der Waals surface area contributed by atoms with Crippen LogP contribution in [0.2, 0.25) is 0 Å². The smallest absolute Gasteiger partial charge is 0.240 e. The van der Waals surface area contributed by atoms with E-state index in [0.717, 1.165) is 11.8 Å². The number of nitrogens with one attached hydrogen (secondary N) is 1. The van der Waals surface area contributed by atoms with Gasteiger partial charge in [0, 0.05) is 18.4 Å². The number of rotatable bonds is 8. The number of nitrogens with zero attached hydrogens (tertiary/aromatic N) is 2. The van der Waals surface area contributed by atoms with Gasteiger partial charge >= 0.3 is 0 Å². The van der Waals surface area contributed by atoms with Crippen LogP contribution < -0.4 is 10.1 Å². The molecule has 3 aromatic carbocycles. The number of sulfone groups is 1. The van der Waals surface area contributed by atoms with Crippen LogP contribution >= 0.6 is 0 Å². The highest BCUT2D eigenvalue weighted by Crippen LogP contribution is 2.25. The van der Waals surface area contributed by atoms with Gasteiger partial charge in [-0.3, -0.25) is 4.79 Å². The lowest BCUT2D eigenvalue weighted by Gasteiger charge is -2.13. The molecule has 7 nitrogen and oxygen atoms in total. The minimum absolute atomic E-state index is 0.0346. The number of carbonyl (C=O) groups excluding carboxylic acids is 1. The van der Waals surface area contributed by atoms with Gasteiger partial charge in [-0.1, -0.05) is 48.5 Å². The molecule has 0 aliphatic carbocycles. The van der Waals surface area contributed by atoms with E-state index in [1.54, 1.807) is 10.6 Å². The van der Waals surface area contributed by atoms with Crippen LogP contribution in [0.5, 0.6) is 11.5 Å². The van der Waals surface area contributed by atoms with Crippen molar-refractivity contribution in [3.05, 3.63) is 90.3 Å². The normalized spacial score (nSPS) is 11.4. The minimum Gasteiger partial charge on any atom is -0.457 e. The van der Waals surface area contributed by atoms with E-state index in [1.807, 2.05) is 72.8 Å². The molecule has 1 N–H and O–H groups in total. The predicted molar refractivity (Wildman–Crippen MR) is 123 cm³/mol. The summed E-state index contributed by atoms with van der Waals surface area (Å²) in [5.41, 5.74) is 2.20. The Labute approximate surface area is 186 Å². The van der Waals surface area contributed by atoms with Crippen LogP contribution in [0.3, 0.4) is 0 Å². The van der Waals surface area contributed by atoms with Crippen LogP contribution in [0, 0.1) is 0 Å². The van der Waals surface area contributed by atoms with Gasteiger partial charge in [0.2, 0.25) is 5.91 Å². The molecule has 0 aliphatic rings. The Bertz CT molecular complexity index is 1350. The monoisotopic (exact) mass is 449 g/mol. The largest absolute Gasteiger partial charge is 0.457 e. The fourth-order valence-corrected chi connectivity index (χ4v) is 4.09. The summed E-state index contributed by atoms with van der Waals surface area (Å²) in [4.78, 5) is 17.2. The number of fused-ring (bicyclic) bond motifs is 1. The van der Waals surface area contributed by atoms with Crippen LogP contribution in [-0.2, 0) is 33.5 Å². The second-order valence-corrected chi connectivity index (χ2v) is 9.61. The number of aromatic nitrogens is 2. The zero-order chi connectivity index (χ0) is 22.6. The quantitative estimate of drug-likeness (QED) is 0.443. The number of para-hydroxylation sites is 4. The lowest BCUT2D eigenvalue weighted by Crippen LogP contribution is -2.28.